The molecule has 162 valence electrons. The van der Waals surface area contributed by atoms with Crippen molar-refractivity contribution in [3.63, 3.8) is 0 Å². The number of nitrogens with one attached hydrogen (secondary N) is 3. The molecule has 0 aliphatic carbocycles. The van der Waals surface area contributed by atoms with Crippen LogP contribution in [0.1, 0.15) is 24.5 Å². The molecule has 7 nitrogen and oxygen atoms in total. The molecular weight excluding hydrogens is 416 g/mol. The average Bonchev–Trinajstić information content (AvgIpc) is 3.18. The fourth-order valence-electron chi connectivity index (χ4n) is 4.18. The molecule has 0 aromatic heterocycles. The van der Waals surface area contributed by atoms with Crippen LogP contribution in [-0.4, -0.2) is 47.4 Å². The van der Waals surface area contributed by atoms with Crippen LogP contribution in [0.5, 0.6) is 0 Å². The number of hydrogen-bond acceptors (Lipinski definition) is 3. The van der Waals surface area contributed by atoms with Gasteiger partial charge in [-0.15, -0.1) is 0 Å². The van der Waals surface area contributed by atoms with E-state index in [-0.39, 0.29) is 23.9 Å². The highest BCUT2D eigenvalue weighted by Gasteiger charge is 2.46. The number of piperazine rings is 1. The van der Waals surface area contributed by atoms with Crippen molar-refractivity contribution in [2.24, 2.45) is 0 Å². The van der Waals surface area contributed by atoms with E-state index in [1.165, 1.54) is 0 Å². The minimum Gasteiger partial charge on any atom is -0.342 e. The van der Waals surface area contributed by atoms with Crippen molar-refractivity contribution in [2.75, 3.05) is 11.9 Å². The first-order chi connectivity index (χ1) is 14.9. The van der Waals surface area contributed by atoms with E-state index in [0.717, 1.165) is 17.5 Å². The molecule has 2 heterocycles. The molecule has 0 unspecified atom stereocenters. The number of urea groups is 1. The second-order valence-electron chi connectivity index (χ2n) is 7.98. The Morgan fingerprint density at radius 2 is 1.94 bits per heavy atom. The Hall–Kier alpha value is -3.06. The number of aryl methyl sites for hydroxylation is 1. The summed E-state index contributed by atoms with van der Waals surface area (Å²) in [4.78, 5) is 39.6. The van der Waals surface area contributed by atoms with Gasteiger partial charge in [-0.05, 0) is 48.2 Å². The maximum atomic E-state index is 13.0. The maximum absolute atomic E-state index is 13.0. The van der Waals surface area contributed by atoms with Crippen molar-refractivity contribution < 1.29 is 14.4 Å². The summed E-state index contributed by atoms with van der Waals surface area (Å²) in [5, 5.41) is 9.18. The summed E-state index contributed by atoms with van der Waals surface area (Å²) in [6.45, 7) is 2.37. The number of benzene rings is 2. The van der Waals surface area contributed by atoms with Gasteiger partial charge in [-0.1, -0.05) is 42.8 Å². The third-order valence-corrected chi connectivity index (χ3v) is 6.03. The zero-order valence-corrected chi connectivity index (χ0v) is 18.0. The largest absolute Gasteiger partial charge is 0.342 e. The Kier molecular flexibility index (Phi) is 6.13. The van der Waals surface area contributed by atoms with E-state index in [4.69, 9.17) is 11.6 Å². The highest BCUT2D eigenvalue weighted by molar-refractivity contribution is 6.30. The average molecular weight is 441 g/mol. The summed E-state index contributed by atoms with van der Waals surface area (Å²) >= 11 is 5.92. The SMILES string of the molecule is CCc1cccc(NC(=O)N[C@H]2C[C@H]3C(=O)N[C@@H](Cc4ccc(Cl)cc4)C(=O)N3C2)c1. The van der Waals surface area contributed by atoms with Gasteiger partial charge in [0.15, 0.2) is 0 Å². The van der Waals surface area contributed by atoms with Crippen molar-refractivity contribution >= 4 is 35.1 Å². The van der Waals surface area contributed by atoms with E-state index in [9.17, 15) is 14.4 Å². The Labute approximate surface area is 186 Å². The van der Waals surface area contributed by atoms with Crippen molar-refractivity contribution in [3.05, 3.63) is 64.7 Å². The van der Waals surface area contributed by atoms with Crippen LogP contribution in [0, 0.1) is 0 Å². The molecule has 2 aromatic carbocycles. The standard InChI is InChI=1S/C23H25ClN4O3/c1-2-14-4-3-5-17(10-14)25-23(31)26-18-12-20-21(29)27-19(22(30)28(20)13-18)11-15-6-8-16(24)9-7-15/h3-10,18-20H,2,11-13H2,1H3,(H,27,29)(H2,25,26,31)/t18-,19-,20-/m0/s1. The van der Waals surface area contributed by atoms with Crippen molar-refractivity contribution in [1.29, 1.82) is 0 Å². The number of anilines is 1. The Balaban J connectivity index is 1.36. The van der Waals surface area contributed by atoms with Crippen LogP contribution < -0.4 is 16.0 Å². The third-order valence-electron chi connectivity index (χ3n) is 5.78. The molecule has 2 aliphatic heterocycles. The molecule has 0 radical (unpaired) electrons. The molecule has 2 saturated heterocycles. The summed E-state index contributed by atoms with van der Waals surface area (Å²) < 4.78 is 0. The molecule has 0 bridgehead atoms. The molecule has 2 aliphatic rings. The van der Waals surface area contributed by atoms with Crippen LogP contribution in [0.15, 0.2) is 48.5 Å². The Bertz CT molecular complexity index is 995. The second-order valence-corrected chi connectivity index (χ2v) is 8.42. The molecule has 0 spiro atoms. The van der Waals surface area contributed by atoms with Crippen LogP contribution in [0.3, 0.4) is 0 Å². The lowest BCUT2D eigenvalue weighted by atomic mass is 10.0. The summed E-state index contributed by atoms with van der Waals surface area (Å²) in [6.07, 6.45) is 1.68. The van der Waals surface area contributed by atoms with Crippen LogP contribution in [-0.2, 0) is 22.4 Å². The summed E-state index contributed by atoms with van der Waals surface area (Å²) in [7, 11) is 0. The van der Waals surface area contributed by atoms with E-state index in [1.807, 2.05) is 36.4 Å². The zero-order valence-electron chi connectivity index (χ0n) is 17.2. The fraction of sp³-hybridized carbons (Fsp3) is 0.348. The molecule has 4 rings (SSSR count). The van der Waals surface area contributed by atoms with Gasteiger partial charge in [0.2, 0.25) is 11.8 Å². The molecule has 8 heteroatoms. The predicted molar refractivity (Wildman–Crippen MR) is 119 cm³/mol. The van der Waals surface area contributed by atoms with Crippen LogP contribution in [0.2, 0.25) is 5.02 Å². The van der Waals surface area contributed by atoms with Gasteiger partial charge < -0.3 is 20.9 Å². The molecule has 31 heavy (non-hydrogen) atoms. The lowest BCUT2D eigenvalue weighted by molar-refractivity contribution is -0.147. The summed E-state index contributed by atoms with van der Waals surface area (Å²) in [5.41, 5.74) is 2.76. The quantitative estimate of drug-likeness (QED) is 0.667. The lowest BCUT2D eigenvalue weighted by Crippen LogP contribution is -2.61. The van der Waals surface area contributed by atoms with Crippen molar-refractivity contribution in [1.82, 2.24) is 15.5 Å². The zero-order chi connectivity index (χ0) is 22.0. The predicted octanol–water partition coefficient (Wildman–Crippen LogP) is 2.73. The minimum absolute atomic E-state index is 0.125. The van der Waals surface area contributed by atoms with Crippen LogP contribution in [0.25, 0.3) is 0 Å². The summed E-state index contributed by atoms with van der Waals surface area (Å²) in [5.74, 6) is -0.307. The normalized spacial score (nSPS) is 22.6. The molecule has 3 atom stereocenters. The maximum Gasteiger partial charge on any atom is 0.319 e. The van der Waals surface area contributed by atoms with Gasteiger partial charge in [0, 0.05) is 23.7 Å². The number of halogens is 1. The topological polar surface area (TPSA) is 90.5 Å². The molecule has 4 amide bonds. The van der Waals surface area contributed by atoms with Crippen molar-refractivity contribution in [2.45, 2.75) is 44.3 Å². The van der Waals surface area contributed by atoms with E-state index >= 15 is 0 Å². The number of nitrogens with zero attached hydrogens (tertiary/aromatic N) is 1. The number of amides is 4. The Morgan fingerprint density at radius 1 is 1.16 bits per heavy atom. The third kappa shape index (κ3) is 4.82. The van der Waals surface area contributed by atoms with Gasteiger partial charge in [-0.25, -0.2) is 4.79 Å². The van der Waals surface area contributed by atoms with Crippen molar-refractivity contribution in [3.8, 4) is 0 Å². The lowest BCUT2D eigenvalue weighted by Gasteiger charge is -2.34. The fourth-order valence-corrected chi connectivity index (χ4v) is 4.30. The van der Waals surface area contributed by atoms with Crippen LogP contribution in [0.4, 0.5) is 10.5 Å². The van der Waals surface area contributed by atoms with E-state index in [1.54, 1.807) is 17.0 Å². The van der Waals surface area contributed by atoms with Gasteiger partial charge >= 0.3 is 6.03 Å². The number of rotatable bonds is 5. The van der Waals surface area contributed by atoms with Crippen LogP contribution >= 0.6 is 11.6 Å². The van der Waals surface area contributed by atoms with Gasteiger partial charge in [-0.2, -0.15) is 0 Å². The highest BCUT2D eigenvalue weighted by atomic mass is 35.5. The monoisotopic (exact) mass is 440 g/mol. The first-order valence-electron chi connectivity index (χ1n) is 10.4. The number of hydrogen-bond donors (Lipinski definition) is 3. The smallest absolute Gasteiger partial charge is 0.319 e. The minimum atomic E-state index is -0.616. The molecular formula is C23H25ClN4O3. The van der Waals surface area contributed by atoms with Gasteiger partial charge in [0.05, 0.1) is 6.04 Å². The van der Waals surface area contributed by atoms with Gasteiger partial charge in [0.25, 0.3) is 0 Å². The molecule has 0 saturated carbocycles. The number of carbonyl (C=O) groups excluding carboxylic acids is 3. The molecule has 2 aromatic rings. The number of fused-ring (bicyclic) bond motifs is 1. The van der Waals surface area contributed by atoms with Gasteiger partial charge in [0.1, 0.15) is 12.1 Å². The number of carbonyl (C=O) groups is 3. The van der Waals surface area contributed by atoms with E-state index in [2.05, 4.69) is 22.9 Å². The van der Waals surface area contributed by atoms with Gasteiger partial charge in [-0.3, -0.25) is 9.59 Å². The summed E-state index contributed by atoms with van der Waals surface area (Å²) in [6, 6.07) is 13.1. The highest BCUT2D eigenvalue weighted by Crippen LogP contribution is 2.24. The van der Waals surface area contributed by atoms with E-state index in [0.29, 0.717) is 30.1 Å². The second kappa shape index (κ2) is 8.98. The molecule has 2 fully saturated rings. The molecule has 3 N–H and O–H groups in total. The Morgan fingerprint density at radius 3 is 2.68 bits per heavy atom. The van der Waals surface area contributed by atoms with E-state index < -0.39 is 12.1 Å². The first kappa shape index (κ1) is 21.2. The first-order valence-corrected chi connectivity index (χ1v) is 10.8.